The highest BCUT2D eigenvalue weighted by atomic mass is 19.4. The summed E-state index contributed by atoms with van der Waals surface area (Å²) in [5, 5.41) is 9.67. The van der Waals surface area contributed by atoms with Crippen molar-refractivity contribution in [1.29, 1.82) is 0 Å². The lowest BCUT2D eigenvalue weighted by Crippen LogP contribution is -2.13. The Hall–Kier alpha value is -2.02. The average molecular weight is 270 g/mol. The van der Waals surface area contributed by atoms with Crippen LogP contribution < -0.4 is 11.1 Å². The van der Waals surface area contributed by atoms with E-state index in [0.29, 0.717) is 30.0 Å². The minimum Gasteiger partial charge on any atom is -0.381 e. The van der Waals surface area contributed by atoms with E-state index in [-0.39, 0.29) is 0 Å². The molecule has 4 nitrogen and oxygen atoms in total. The zero-order valence-electron chi connectivity index (χ0n) is 9.96. The maximum absolute atomic E-state index is 12.5. The summed E-state index contributed by atoms with van der Waals surface area (Å²) >= 11 is 0. The highest BCUT2D eigenvalue weighted by molar-refractivity contribution is 5.73. The quantitative estimate of drug-likeness (QED) is 0.799. The number of anilines is 1. The number of nitrogens with one attached hydrogen (secondary N) is 2. The lowest BCUT2D eigenvalue weighted by molar-refractivity contribution is -0.137. The second-order valence-electron chi connectivity index (χ2n) is 3.95. The fourth-order valence-electron chi connectivity index (χ4n) is 1.67. The van der Waals surface area contributed by atoms with E-state index in [1.807, 2.05) is 0 Å². The molecule has 0 aliphatic carbocycles. The highest BCUT2D eigenvalue weighted by Gasteiger charge is 2.30. The number of benzene rings is 1. The first-order chi connectivity index (χ1) is 9.02. The molecular weight excluding hydrogens is 257 g/mol. The number of aromatic nitrogens is 2. The Labute approximate surface area is 107 Å². The number of rotatable bonds is 4. The van der Waals surface area contributed by atoms with Crippen molar-refractivity contribution in [2.75, 3.05) is 18.4 Å². The number of nitrogens with two attached hydrogens (primary N) is 1. The molecule has 0 fully saturated rings. The molecule has 7 heteroatoms. The summed E-state index contributed by atoms with van der Waals surface area (Å²) in [7, 11) is 0. The molecular formula is C12H13F3N4. The molecule has 0 saturated carbocycles. The van der Waals surface area contributed by atoms with Crippen LogP contribution >= 0.6 is 0 Å². The van der Waals surface area contributed by atoms with E-state index in [1.54, 1.807) is 6.20 Å². The van der Waals surface area contributed by atoms with Gasteiger partial charge in [-0.2, -0.15) is 18.3 Å². The predicted molar refractivity (Wildman–Crippen MR) is 66.6 cm³/mol. The summed E-state index contributed by atoms with van der Waals surface area (Å²) in [5.41, 5.74) is 6.69. The van der Waals surface area contributed by atoms with Gasteiger partial charge in [0.1, 0.15) is 0 Å². The normalized spacial score (nSPS) is 11.6. The molecule has 102 valence electrons. The van der Waals surface area contributed by atoms with Crippen LogP contribution in [0.15, 0.2) is 30.5 Å². The lowest BCUT2D eigenvalue weighted by Gasteiger charge is -2.08. The first kappa shape index (κ1) is 13.4. The van der Waals surface area contributed by atoms with Crippen LogP contribution in [0.5, 0.6) is 0 Å². The van der Waals surface area contributed by atoms with Crippen molar-refractivity contribution in [3.8, 4) is 11.3 Å². The number of aromatic amines is 1. The predicted octanol–water partition coefficient (Wildman–Crippen LogP) is 2.47. The van der Waals surface area contributed by atoms with Gasteiger partial charge in [-0.3, -0.25) is 5.10 Å². The first-order valence-corrected chi connectivity index (χ1v) is 5.67. The molecule has 2 rings (SSSR count). The molecule has 0 amide bonds. The molecule has 0 spiro atoms. The number of nitrogens with zero attached hydrogens (tertiary/aromatic N) is 1. The average Bonchev–Trinajstić information content (AvgIpc) is 2.83. The van der Waals surface area contributed by atoms with Crippen LogP contribution in [0, 0.1) is 0 Å². The van der Waals surface area contributed by atoms with Crippen LogP contribution in [0.1, 0.15) is 5.56 Å². The molecule has 2 aromatic rings. The molecule has 0 aliphatic rings. The standard InChI is InChI=1S/C12H13F3N4/c13-12(14,15)9-3-1-8(2-4-9)11-10(7-18-19-11)17-6-5-16/h1-4,7,17H,5-6,16H2,(H,18,19). The van der Waals surface area contributed by atoms with Gasteiger partial charge in [-0.15, -0.1) is 0 Å². The molecule has 1 heterocycles. The van der Waals surface area contributed by atoms with Gasteiger partial charge in [-0.05, 0) is 12.1 Å². The van der Waals surface area contributed by atoms with Crippen LogP contribution in [-0.2, 0) is 6.18 Å². The number of H-pyrrole nitrogens is 1. The summed E-state index contributed by atoms with van der Waals surface area (Å²) in [5.74, 6) is 0. The molecule has 19 heavy (non-hydrogen) atoms. The van der Waals surface area contributed by atoms with Crippen LogP contribution in [0.4, 0.5) is 18.9 Å². The van der Waals surface area contributed by atoms with E-state index in [2.05, 4.69) is 15.5 Å². The summed E-state index contributed by atoms with van der Waals surface area (Å²) in [4.78, 5) is 0. The van der Waals surface area contributed by atoms with Gasteiger partial charge in [-0.1, -0.05) is 12.1 Å². The van der Waals surface area contributed by atoms with E-state index >= 15 is 0 Å². The van der Waals surface area contributed by atoms with Gasteiger partial charge in [0.2, 0.25) is 0 Å². The van der Waals surface area contributed by atoms with Crippen molar-refractivity contribution >= 4 is 5.69 Å². The maximum Gasteiger partial charge on any atom is 0.416 e. The molecule has 1 aromatic carbocycles. The van der Waals surface area contributed by atoms with E-state index in [0.717, 1.165) is 12.1 Å². The van der Waals surface area contributed by atoms with Gasteiger partial charge >= 0.3 is 6.18 Å². The second-order valence-corrected chi connectivity index (χ2v) is 3.95. The molecule has 0 unspecified atom stereocenters. The third-order valence-corrected chi connectivity index (χ3v) is 2.60. The van der Waals surface area contributed by atoms with Crippen LogP contribution in [0.2, 0.25) is 0 Å². The van der Waals surface area contributed by atoms with E-state index in [9.17, 15) is 13.2 Å². The fraction of sp³-hybridized carbons (Fsp3) is 0.250. The van der Waals surface area contributed by atoms with Crippen molar-refractivity contribution in [2.24, 2.45) is 5.73 Å². The fourth-order valence-corrected chi connectivity index (χ4v) is 1.67. The molecule has 0 radical (unpaired) electrons. The highest BCUT2D eigenvalue weighted by Crippen LogP contribution is 2.32. The summed E-state index contributed by atoms with van der Waals surface area (Å²) in [6, 6.07) is 4.90. The minimum atomic E-state index is -4.33. The van der Waals surface area contributed by atoms with Crippen LogP contribution in [-0.4, -0.2) is 23.3 Å². The van der Waals surface area contributed by atoms with E-state index in [4.69, 9.17) is 5.73 Å². The number of hydrogen-bond donors (Lipinski definition) is 3. The smallest absolute Gasteiger partial charge is 0.381 e. The summed E-state index contributed by atoms with van der Waals surface area (Å²) in [6.45, 7) is 1.02. The molecule has 0 bridgehead atoms. The summed E-state index contributed by atoms with van der Waals surface area (Å²) in [6.07, 6.45) is -2.75. The van der Waals surface area contributed by atoms with Gasteiger partial charge in [0, 0.05) is 18.7 Å². The van der Waals surface area contributed by atoms with Crippen molar-refractivity contribution in [3.63, 3.8) is 0 Å². The van der Waals surface area contributed by atoms with Crippen molar-refractivity contribution < 1.29 is 13.2 Å². The zero-order valence-corrected chi connectivity index (χ0v) is 9.96. The Balaban J connectivity index is 2.25. The van der Waals surface area contributed by atoms with Gasteiger partial charge in [0.15, 0.2) is 0 Å². The van der Waals surface area contributed by atoms with Crippen molar-refractivity contribution in [2.45, 2.75) is 6.18 Å². The Morgan fingerprint density at radius 2 is 1.89 bits per heavy atom. The maximum atomic E-state index is 12.5. The third kappa shape index (κ3) is 3.05. The Kier molecular flexibility index (Phi) is 3.75. The Morgan fingerprint density at radius 3 is 2.47 bits per heavy atom. The SMILES string of the molecule is NCCNc1cn[nH]c1-c1ccc(C(F)(F)F)cc1. The third-order valence-electron chi connectivity index (χ3n) is 2.60. The topological polar surface area (TPSA) is 66.7 Å². The van der Waals surface area contributed by atoms with Gasteiger partial charge in [-0.25, -0.2) is 0 Å². The molecule has 0 aliphatic heterocycles. The first-order valence-electron chi connectivity index (χ1n) is 5.67. The van der Waals surface area contributed by atoms with Crippen molar-refractivity contribution in [3.05, 3.63) is 36.0 Å². The largest absolute Gasteiger partial charge is 0.416 e. The van der Waals surface area contributed by atoms with E-state index in [1.165, 1.54) is 12.1 Å². The summed E-state index contributed by atoms with van der Waals surface area (Å²) < 4.78 is 37.4. The monoisotopic (exact) mass is 270 g/mol. The van der Waals surface area contributed by atoms with Crippen molar-refractivity contribution in [1.82, 2.24) is 10.2 Å². The Morgan fingerprint density at radius 1 is 1.21 bits per heavy atom. The van der Waals surface area contributed by atoms with E-state index < -0.39 is 11.7 Å². The van der Waals surface area contributed by atoms with Gasteiger partial charge in [0.25, 0.3) is 0 Å². The number of halogens is 3. The molecule has 0 saturated heterocycles. The van der Waals surface area contributed by atoms with Gasteiger partial charge < -0.3 is 11.1 Å². The molecule has 0 atom stereocenters. The second kappa shape index (κ2) is 5.31. The molecule has 4 N–H and O–H groups in total. The number of alkyl halides is 3. The minimum absolute atomic E-state index is 0.456. The van der Waals surface area contributed by atoms with Crippen LogP contribution in [0.3, 0.4) is 0 Å². The molecule has 1 aromatic heterocycles. The van der Waals surface area contributed by atoms with Crippen LogP contribution in [0.25, 0.3) is 11.3 Å². The lowest BCUT2D eigenvalue weighted by atomic mass is 10.1. The Bertz CT molecular complexity index is 531. The van der Waals surface area contributed by atoms with Gasteiger partial charge in [0.05, 0.1) is 23.1 Å². The number of hydrogen-bond acceptors (Lipinski definition) is 3. The zero-order chi connectivity index (χ0) is 13.9.